The Hall–Kier alpha value is -2.37. The highest BCUT2D eigenvalue weighted by molar-refractivity contribution is 6.09. The zero-order valence-electron chi connectivity index (χ0n) is 13.2. The predicted octanol–water partition coefficient (Wildman–Crippen LogP) is 3.50. The molecule has 1 aliphatic rings. The number of carbonyl (C=O) groups is 1. The summed E-state index contributed by atoms with van der Waals surface area (Å²) < 4.78 is 0. The minimum atomic E-state index is -1.29. The lowest BCUT2D eigenvalue weighted by Crippen LogP contribution is -2.27. The summed E-state index contributed by atoms with van der Waals surface area (Å²) in [5, 5.41) is 10.6. The van der Waals surface area contributed by atoms with E-state index in [1.54, 1.807) is 6.08 Å². The van der Waals surface area contributed by atoms with E-state index in [2.05, 4.69) is 11.8 Å². The summed E-state index contributed by atoms with van der Waals surface area (Å²) in [5.41, 5.74) is 2.24. The summed E-state index contributed by atoms with van der Waals surface area (Å²) in [6.45, 7) is 5.91. The minimum absolute atomic E-state index is 0.155. The van der Waals surface area contributed by atoms with Gasteiger partial charge >= 0.3 is 0 Å². The molecular formula is C20H20O2. The number of rotatable bonds is 2. The van der Waals surface area contributed by atoms with E-state index in [0.29, 0.717) is 5.57 Å². The Labute approximate surface area is 131 Å². The van der Waals surface area contributed by atoms with Crippen LogP contribution in [-0.2, 0) is 4.79 Å². The first-order chi connectivity index (χ1) is 10.4. The van der Waals surface area contributed by atoms with Gasteiger partial charge in [-0.2, -0.15) is 0 Å². The highest BCUT2D eigenvalue weighted by Crippen LogP contribution is 2.29. The van der Waals surface area contributed by atoms with Gasteiger partial charge in [0.2, 0.25) is 0 Å². The molecule has 0 saturated carbocycles. The first-order valence-electron chi connectivity index (χ1n) is 7.28. The molecule has 0 saturated heterocycles. The van der Waals surface area contributed by atoms with Crippen LogP contribution in [0.25, 0.3) is 0 Å². The van der Waals surface area contributed by atoms with Gasteiger partial charge in [-0.05, 0) is 45.1 Å². The first-order valence-corrected chi connectivity index (χ1v) is 7.28. The maximum atomic E-state index is 11.9. The van der Waals surface area contributed by atoms with Crippen LogP contribution in [-0.4, -0.2) is 16.5 Å². The molecule has 0 spiro atoms. The highest BCUT2D eigenvalue weighted by Gasteiger charge is 2.36. The van der Waals surface area contributed by atoms with Crippen molar-refractivity contribution in [3.05, 3.63) is 70.8 Å². The number of aliphatic hydroxyl groups is 1. The second kappa shape index (κ2) is 6.60. The summed E-state index contributed by atoms with van der Waals surface area (Å²) in [6, 6.07) is 7.89. The molecule has 1 aromatic carbocycles. The largest absolute Gasteiger partial charge is 0.380 e. The molecular weight excluding hydrogens is 272 g/mol. The van der Waals surface area contributed by atoms with Crippen LogP contribution < -0.4 is 0 Å². The lowest BCUT2D eigenvalue weighted by Gasteiger charge is -2.19. The minimum Gasteiger partial charge on any atom is -0.380 e. The van der Waals surface area contributed by atoms with Crippen LogP contribution in [0.15, 0.2) is 59.7 Å². The highest BCUT2D eigenvalue weighted by atomic mass is 16.3. The second-order valence-corrected chi connectivity index (χ2v) is 5.79. The normalized spacial score (nSPS) is 21.6. The van der Waals surface area contributed by atoms with Crippen molar-refractivity contribution in [2.75, 3.05) is 0 Å². The molecule has 0 bridgehead atoms. The van der Waals surface area contributed by atoms with E-state index >= 15 is 0 Å². The van der Waals surface area contributed by atoms with Gasteiger partial charge in [0, 0.05) is 17.6 Å². The Bertz CT molecular complexity index is 717. The maximum Gasteiger partial charge on any atom is 0.184 e. The lowest BCUT2D eigenvalue weighted by atomic mass is 9.92. The molecule has 0 aliphatic heterocycles. The van der Waals surface area contributed by atoms with Crippen LogP contribution in [0.1, 0.15) is 31.4 Å². The van der Waals surface area contributed by atoms with Crippen molar-refractivity contribution in [2.24, 2.45) is 0 Å². The molecule has 112 valence electrons. The average molecular weight is 292 g/mol. The SMILES string of the molecule is CC(C)=C/C=C1/C(=O)C=CC1(O)CC#Cc1ccc(C)cc1. The molecule has 0 amide bonds. The number of benzene rings is 1. The van der Waals surface area contributed by atoms with Gasteiger partial charge in [-0.25, -0.2) is 0 Å². The van der Waals surface area contributed by atoms with E-state index in [-0.39, 0.29) is 12.2 Å². The molecule has 1 aliphatic carbocycles. The summed E-state index contributed by atoms with van der Waals surface area (Å²) in [7, 11) is 0. The van der Waals surface area contributed by atoms with Crippen LogP contribution in [0.2, 0.25) is 0 Å². The van der Waals surface area contributed by atoms with Gasteiger partial charge < -0.3 is 5.11 Å². The maximum absolute atomic E-state index is 11.9. The van der Waals surface area contributed by atoms with Crippen LogP contribution in [0.3, 0.4) is 0 Å². The van der Waals surface area contributed by atoms with Gasteiger partial charge in [0.1, 0.15) is 5.60 Å². The molecule has 2 heteroatoms. The summed E-state index contributed by atoms with van der Waals surface area (Å²) in [4.78, 5) is 11.9. The van der Waals surface area contributed by atoms with Crippen molar-refractivity contribution in [2.45, 2.75) is 32.8 Å². The first kappa shape index (κ1) is 16.0. The topological polar surface area (TPSA) is 37.3 Å². The zero-order chi connectivity index (χ0) is 16.2. The smallest absolute Gasteiger partial charge is 0.184 e. The van der Waals surface area contributed by atoms with Gasteiger partial charge in [0.15, 0.2) is 5.78 Å². The fraction of sp³-hybridized carbons (Fsp3) is 0.250. The molecule has 1 atom stereocenters. The van der Waals surface area contributed by atoms with Gasteiger partial charge in [-0.15, -0.1) is 0 Å². The van der Waals surface area contributed by atoms with Gasteiger partial charge in [0.25, 0.3) is 0 Å². The number of hydrogen-bond acceptors (Lipinski definition) is 2. The second-order valence-electron chi connectivity index (χ2n) is 5.79. The zero-order valence-corrected chi connectivity index (χ0v) is 13.2. The van der Waals surface area contributed by atoms with E-state index in [1.807, 2.05) is 51.1 Å². The summed E-state index contributed by atoms with van der Waals surface area (Å²) in [5.74, 6) is 5.85. The lowest BCUT2D eigenvalue weighted by molar-refractivity contribution is -0.112. The van der Waals surface area contributed by atoms with Crippen molar-refractivity contribution in [1.29, 1.82) is 0 Å². The van der Waals surface area contributed by atoms with E-state index in [1.165, 1.54) is 17.7 Å². The number of aryl methyl sites for hydroxylation is 1. The van der Waals surface area contributed by atoms with Crippen molar-refractivity contribution in [3.63, 3.8) is 0 Å². The number of hydrogen-bond donors (Lipinski definition) is 1. The molecule has 0 radical (unpaired) electrons. The molecule has 1 aromatic rings. The molecule has 22 heavy (non-hydrogen) atoms. The molecule has 2 rings (SSSR count). The predicted molar refractivity (Wildman–Crippen MR) is 89.3 cm³/mol. The third-order valence-electron chi connectivity index (χ3n) is 3.47. The van der Waals surface area contributed by atoms with Crippen molar-refractivity contribution >= 4 is 5.78 Å². The fourth-order valence-corrected chi connectivity index (χ4v) is 2.15. The fourth-order valence-electron chi connectivity index (χ4n) is 2.15. The van der Waals surface area contributed by atoms with E-state index < -0.39 is 5.60 Å². The van der Waals surface area contributed by atoms with Gasteiger partial charge in [-0.3, -0.25) is 4.79 Å². The third-order valence-corrected chi connectivity index (χ3v) is 3.47. The Morgan fingerprint density at radius 3 is 2.59 bits per heavy atom. The van der Waals surface area contributed by atoms with Gasteiger partial charge in [0.05, 0.1) is 0 Å². The number of allylic oxidation sites excluding steroid dienone is 4. The van der Waals surface area contributed by atoms with Crippen LogP contribution >= 0.6 is 0 Å². The number of ketones is 1. The Morgan fingerprint density at radius 2 is 1.95 bits per heavy atom. The average Bonchev–Trinajstić information content (AvgIpc) is 2.74. The standard InChI is InChI=1S/C20H20O2/c1-15(2)6-11-18-19(21)12-14-20(18,22)13-4-5-17-9-7-16(3)8-10-17/h6-12,14,22H,13H2,1-3H3/b18-11-. The van der Waals surface area contributed by atoms with Gasteiger partial charge in [-0.1, -0.05) is 47.3 Å². The Balaban J connectivity index is 2.19. The van der Waals surface area contributed by atoms with E-state index in [4.69, 9.17) is 0 Å². The van der Waals surface area contributed by atoms with Crippen LogP contribution in [0.5, 0.6) is 0 Å². The molecule has 1 N–H and O–H groups in total. The van der Waals surface area contributed by atoms with Crippen LogP contribution in [0.4, 0.5) is 0 Å². The van der Waals surface area contributed by atoms with Crippen LogP contribution in [0, 0.1) is 18.8 Å². The summed E-state index contributed by atoms with van der Waals surface area (Å²) >= 11 is 0. The number of carbonyl (C=O) groups excluding carboxylic acids is 1. The van der Waals surface area contributed by atoms with E-state index in [0.717, 1.165) is 11.1 Å². The Morgan fingerprint density at radius 1 is 1.27 bits per heavy atom. The quantitative estimate of drug-likeness (QED) is 0.669. The summed E-state index contributed by atoms with van der Waals surface area (Å²) in [6.07, 6.45) is 6.66. The third kappa shape index (κ3) is 3.84. The molecule has 0 aromatic heterocycles. The molecule has 0 fully saturated rings. The molecule has 1 unspecified atom stereocenters. The molecule has 2 nitrogen and oxygen atoms in total. The Kier molecular flexibility index (Phi) is 4.80. The van der Waals surface area contributed by atoms with E-state index in [9.17, 15) is 9.90 Å². The molecule has 0 heterocycles. The van der Waals surface area contributed by atoms with Crippen molar-refractivity contribution in [3.8, 4) is 11.8 Å². The van der Waals surface area contributed by atoms with Crippen molar-refractivity contribution < 1.29 is 9.90 Å². The van der Waals surface area contributed by atoms with Crippen molar-refractivity contribution in [1.82, 2.24) is 0 Å². The monoisotopic (exact) mass is 292 g/mol.